The second kappa shape index (κ2) is 7.51. The Hall–Kier alpha value is -2.73. The predicted octanol–water partition coefficient (Wildman–Crippen LogP) is 2.85. The molecule has 0 aliphatic heterocycles. The summed E-state index contributed by atoms with van der Waals surface area (Å²) in [5.41, 5.74) is 0.611. The molecule has 2 aromatic carbocycles. The lowest BCUT2D eigenvalue weighted by molar-refractivity contribution is -0.119. The molecule has 23 heavy (non-hydrogen) atoms. The van der Waals surface area contributed by atoms with E-state index in [1.807, 2.05) is 0 Å². The largest absolute Gasteiger partial charge is 0.508 e. The monoisotopic (exact) mass is 335 g/mol. The first kappa shape index (κ1) is 16.6. The molecular weight excluding hydrogens is 322 g/mol. The first-order valence-electron chi connectivity index (χ1n) is 6.59. The van der Waals surface area contributed by atoms with Crippen LogP contribution in [0.4, 0.5) is 5.69 Å². The van der Waals surface area contributed by atoms with Gasteiger partial charge in [0.2, 0.25) is 0 Å². The van der Waals surface area contributed by atoms with Gasteiger partial charge in [-0.1, -0.05) is 17.7 Å². The van der Waals surface area contributed by atoms with Crippen molar-refractivity contribution in [3.8, 4) is 11.5 Å². The Labute approximate surface area is 137 Å². The Kier molecular flexibility index (Phi) is 5.43. The van der Waals surface area contributed by atoms with Gasteiger partial charge < -0.3 is 19.9 Å². The molecule has 0 atom stereocenters. The van der Waals surface area contributed by atoms with E-state index in [-0.39, 0.29) is 11.3 Å². The third kappa shape index (κ3) is 4.62. The molecule has 0 fully saturated rings. The molecule has 2 rings (SSSR count). The number of carbonyl (C=O) groups excluding carboxylic acids is 2. The molecular formula is C16H14ClNO5. The van der Waals surface area contributed by atoms with Crippen LogP contribution in [0.5, 0.6) is 11.5 Å². The van der Waals surface area contributed by atoms with Gasteiger partial charge in [0.05, 0.1) is 17.7 Å². The molecule has 0 spiro atoms. The molecule has 1 amide bonds. The molecule has 120 valence electrons. The maximum Gasteiger partial charge on any atom is 0.338 e. The molecule has 0 radical (unpaired) electrons. The summed E-state index contributed by atoms with van der Waals surface area (Å²) in [4.78, 5) is 23.5. The van der Waals surface area contributed by atoms with Crippen LogP contribution < -0.4 is 10.1 Å². The van der Waals surface area contributed by atoms with E-state index in [4.69, 9.17) is 21.1 Å². The van der Waals surface area contributed by atoms with Gasteiger partial charge in [0.1, 0.15) is 11.5 Å². The van der Waals surface area contributed by atoms with Gasteiger partial charge in [0, 0.05) is 5.69 Å². The summed E-state index contributed by atoms with van der Waals surface area (Å²) >= 11 is 5.95. The summed E-state index contributed by atoms with van der Waals surface area (Å²) in [7, 11) is 1.49. The van der Waals surface area contributed by atoms with Gasteiger partial charge in [-0.2, -0.15) is 0 Å². The number of anilines is 1. The van der Waals surface area contributed by atoms with E-state index in [0.29, 0.717) is 16.5 Å². The number of rotatable bonds is 5. The standard InChI is InChI=1S/C16H14ClNO5/c1-22-14-6-5-11(8-13(14)17)18-15(20)9-23-16(21)10-3-2-4-12(19)7-10/h2-8,19H,9H2,1H3,(H,18,20). The van der Waals surface area contributed by atoms with Gasteiger partial charge in [0.15, 0.2) is 6.61 Å². The number of carbonyl (C=O) groups is 2. The van der Waals surface area contributed by atoms with E-state index in [9.17, 15) is 14.7 Å². The fourth-order valence-electron chi connectivity index (χ4n) is 1.79. The summed E-state index contributed by atoms with van der Waals surface area (Å²) in [6.07, 6.45) is 0. The van der Waals surface area contributed by atoms with Crippen LogP contribution >= 0.6 is 11.6 Å². The molecule has 0 aliphatic rings. The molecule has 0 aromatic heterocycles. The van der Waals surface area contributed by atoms with Crippen molar-refractivity contribution in [1.82, 2.24) is 0 Å². The van der Waals surface area contributed by atoms with Crippen LogP contribution in [-0.2, 0) is 9.53 Å². The van der Waals surface area contributed by atoms with Crippen molar-refractivity contribution < 1.29 is 24.2 Å². The van der Waals surface area contributed by atoms with Crippen LogP contribution in [0.2, 0.25) is 5.02 Å². The SMILES string of the molecule is COc1ccc(NC(=O)COC(=O)c2cccc(O)c2)cc1Cl. The van der Waals surface area contributed by atoms with Crippen LogP contribution in [0.3, 0.4) is 0 Å². The van der Waals surface area contributed by atoms with Crippen molar-refractivity contribution in [3.05, 3.63) is 53.1 Å². The number of methoxy groups -OCH3 is 1. The number of aromatic hydroxyl groups is 1. The molecule has 6 nitrogen and oxygen atoms in total. The summed E-state index contributed by atoms with van der Waals surface area (Å²) < 4.78 is 9.88. The van der Waals surface area contributed by atoms with E-state index in [1.54, 1.807) is 12.1 Å². The number of ether oxygens (including phenoxy) is 2. The lowest BCUT2D eigenvalue weighted by Gasteiger charge is -2.08. The number of hydrogen-bond donors (Lipinski definition) is 2. The van der Waals surface area contributed by atoms with Crippen molar-refractivity contribution in [2.45, 2.75) is 0 Å². The Balaban J connectivity index is 1.90. The third-order valence-electron chi connectivity index (χ3n) is 2.85. The van der Waals surface area contributed by atoms with E-state index in [1.165, 1.54) is 37.4 Å². The van der Waals surface area contributed by atoms with Crippen molar-refractivity contribution in [1.29, 1.82) is 0 Å². The highest BCUT2D eigenvalue weighted by molar-refractivity contribution is 6.32. The van der Waals surface area contributed by atoms with E-state index >= 15 is 0 Å². The van der Waals surface area contributed by atoms with Crippen LogP contribution in [0.15, 0.2) is 42.5 Å². The highest BCUT2D eigenvalue weighted by atomic mass is 35.5. The maximum atomic E-state index is 11.8. The van der Waals surface area contributed by atoms with Crippen LogP contribution in [-0.4, -0.2) is 30.7 Å². The smallest absolute Gasteiger partial charge is 0.338 e. The van der Waals surface area contributed by atoms with Crippen molar-refractivity contribution in [2.24, 2.45) is 0 Å². The number of amides is 1. The topological polar surface area (TPSA) is 84.9 Å². The minimum absolute atomic E-state index is 0.0585. The number of nitrogens with one attached hydrogen (secondary N) is 1. The molecule has 7 heteroatoms. The number of benzene rings is 2. The third-order valence-corrected chi connectivity index (χ3v) is 3.15. The average Bonchev–Trinajstić information content (AvgIpc) is 2.53. The number of hydrogen-bond acceptors (Lipinski definition) is 5. The Morgan fingerprint density at radius 2 is 2.00 bits per heavy atom. The number of phenols is 1. The molecule has 2 N–H and O–H groups in total. The summed E-state index contributed by atoms with van der Waals surface area (Å²) in [6, 6.07) is 10.4. The van der Waals surface area contributed by atoms with Gasteiger partial charge in [-0.25, -0.2) is 4.79 Å². The lowest BCUT2D eigenvalue weighted by atomic mass is 10.2. The molecule has 0 saturated heterocycles. The minimum Gasteiger partial charge on any atom is -0.508 e. The van der Waals surface area contributed by atoms with Crippen molar-refractivity contribution >= 4 is 29.2 Å². The molecule has 0 heterocycles. The normalized spacial score (nSPS) is 10.0. The van der Waals surface area contributed by atoms with Crippen LogP contribution in [0, 0.1) is 0 Å². The Morgan fingerprint density at radius 3 is 2.65 bits per heavy atom. The molecule has 2 aromatic rings. The van der Waals surface area contributed by atoms with Gasteiger partial charge in [-0.3, -0.25) is 4.79 Å². The van der Waals surface area contributed by atoms with Crippen LogP contribution in [0.1, 0.15) is 10.4 Å². The van der Waals surface area contributed by atoms with Gasteiger partial charge in [-0.15, -0.1) is 0 Å². The summed E-state index contributed by atoms with van der Waals surface area (Å²) in [6.45, 7) is -0.460. The number of esters is 1. The zero-order chi connectivity index (χ0) is 16.8. The van der Waals surface area contributed by atoms with Gasteiger partial charge >= 0.3 is 5.97 Å². The zero-order valence-electron chi connectivity index (χ0n) is 12.2. The predicted molar refractivity (Wildman–Crippen MR) is 85.0 cm³/mol. The quantitative estimate of drug-likeness (QED) is 0.821. The van der Waals surface area contributed by atoms with Gasteiger partial charge in [-0.05, 0) is 36.4 Å². The Bertz CT molecular complexity index is 732. The fourth-order valence-corrected chi connectivity index (χ4v) is 2.05. The summed E-state index contributed by atoms with van der Waals surface area (Å²) in [5.74, 6) is -0.791. The zero-order valence-corrected chi connectivity index (χ0v) is 13.0. The second-order valence-electron chi connectivity index (χ2n) is 4.52. The molecule has 0 unspecified atom stereocenters. The number of halogens is 1. The van der Waals surface area contributed by atoms with Crippen LogP contribution in [0.25, 0.3) is 0 Å². The van der Waals surface area contributed by atoms with E-state index in [2.05, 4.69) is 5.32 Å². The number of phenolic OH excluding ortho intramolecular Hbond substituents is 1. The van der Waals surface area contributed by atoms with Crippen molar-refractivity contribution in [3.63, 3.8) is 0 Å². The van der Waals surface area contributed by atoms with Crippen molar-refractivity contribution in [2.75, 3.05) is 19.0 Å². The highest BCUT2D eigenvalue weighted by Gasteiger charge is 2.11. The molecule has 0 bridgehead atoms. The second-order valence-corrected chi connectivity index (χ2v) is 4.93. The summed E-state index contributed by atoms with van der Waals surface area (Å²) in [5, 5.41) is 12.2. The van der Waals surface area contributed by atoms with Gasteiger partial charge in [0.25, 0.3) is 5.91 Å². The fraction of sp³-hybridized carbons (Fsp3) is 0.125. The van der Waals surface area contributed by atoms with E-state index in [0.717, 1.165) is 0 Å². The lowest BCUT2D eigenvalue weighted by Crippen LogP contribution is -2.20. The van der Waals surface area contributed by atoms with E-state index < -0.39 is 18.5 Å². The molecule has 0 saturated carbocycles. The maximum absolute atomic E-state index is 11.8. The Morgan fingerprint density at radius 1 is 1.22 bits per heavy atom. The first-order chi connectivity index (χ1) is 11.0. The highest BCUT2D eigenvalue weighted by Crippen LogP contribution is 2.27. The minimum atomic E-state index is -0.705. The molecule has 0 aliphatic carbocycles. The first-order valence-corrected chi connectivity index (χ1v) is 6.97. The average molecular weight is 336 g/mol.